The third kappa shape index (κ3) is 3.96. The highest BCUT2D eigenvalue weighted by Gasteiger charge is 2.23. The maximum atomic E-state index is 14.0. The lowest BCUT2D eigenvalue weighted by Gasteiger charge is -2.18. The van der Waals surface area contributed by atoms with Crippen LogP contribution in [0.15, 0.2) is 46.6 Å². The second-order valence-corrected chi connectivity index (χ2v) is 8.94. The Bertz CT molecular complexity index is 1050. The van der Waals surface area contributed by atoms with E-state index in [1.54, 1.807) is 36.4 Å². The maximum absolute atomic E-state index is 14.0. The van der Waals surface area contributed by atoms with Crippen LogP contribution >= 0.6 is 23.4 Å². The van der Waals surface area contributed by atoms with Crippen LogP contribution in [0.2, 0.25) is 5.02 Å². The molecule has 0 aliphatic rings. The van der Waals surface area contributed by atoms with E-state index >= 15 is 0 Å². The molecular formula is C17H18ClFN4O2S2. The maximum Gasteiger partial charge on any atom is 0.244 e. The van der Waals surface area contributed by atoms with Gasteiger partial charge >= 0.3 is 0 Å². The van der Waals surface area contributed by atoms with Crippen LogP contribution in [0.25, 0.3) is 5.65 Å². The van der Waals surface area contributed by atoms with Gasteiger partial charge in [-0.2, -0.15) is 4.31 Å². The summed E-state index contributed by atoms with van der Waals surface area (Å²) >= 11 is 7.29. The zero-order chi connectivity index (χ0) is 19.6. The van der Waals surface area contributed by atoms with E-state index in [4.69, 9.17) is 11.6 Å². The number of sulfonamides is 1. The molecule has 1 aromatic carbocycles. The van der Waals surface area contributed by atoms with Crippen LogP contribution in [0.5, 0.6) is 0 Å². The molecule has 0 N–H and O–H groups in total. The van der Waals surface area contributed by atoms with E-state index in [9.17, 15) is 12.8 Å². The molecule has 0 saturated heterocycles. The molecule has 0 unspecified atom stereocenters. The van der Waals surface area contributed by atoms with Crippen LogP contribution < -0.4 is 0 Å². The lowest BCUT2D eigenvalue weighted by molar-refractivity contribution is 0.445. The zero-order valence-corrected chi connectivity index (χ0v) is 17.2. The minimum atomic E-state index is -3.60. The molecule has 144 valence electrons. The third-order valence-electron chi connectivity index (χ3n) is 4.09. The highest BCUT2D eigenvalue weighted by atomic mass is 35.5. The predicted octanol–water partition coefficient (Wildman–Crippen LogP) is 3.84. The minimum Gasteiger partial charge on any atom is -0.276 e. The first-order chi connectivity index (χ1) is 12.9. The first-order valence-electron chi connectivity index (χ1n) is 8.29. The molecule has 3 rings (SSSR count). The fourth-order valence-corrected chi connectivity index (χ4v) is 5.34. The largest absolute Gasteiger partial charge is 0.276 e. The summed E-state index contributed by atoms with van der Waals surface area (Å²) in [6.45, 7) is 4.34. The van der Waals surface area contributed by atoms with Gasteiger partial charge in [0, 0.05) is 35.6 Å². The topological polar surface area (TPSA) is 67.6 Å². The summed E-state index contributed by atoms with van der Waals surface area (Å²) in [7, 11) is -3.60. The number of thioether (sulfide) groups is 1. The Morgan fingerprint density at radius 1 is 1.19 bits per heavy atom. The number of aromatic nitrogens is 3. The lowest BCUT2D eigenvalue weighted by atomic mass is 10.2. The van der Waals surface area contributed by atoms with Crippen molar-refractivity contribution in [2.24, 2.45) is 0 Å². The predicted molar refractivity (Wildman–Crippen MR) is 104 cm³/mol. The van der Waals surface area contributed by atoms with E-state index in [-0.39, 0.29) is 10.6 Å². The van der Waals surface area contributed by atoms with Gasteiger partial charge in [0.25, 0.3) is 0 Å². The van der Waals surface area contributed by atoms with Crippen LogP contribution in [0, 0.1) is 5.82 Å². The summed E-state index contributed by atoms with van der Waals surface area (Å²) in [5, 5.41) is 8.91. The molecule has 2 heterocycles. The number of fused-ring (bicyclic) bond motifs is 1. The van der Waals surface area contributed by atoms with Crippen LogP contribution in [-0.2, 0) is 15.8 Å². The summed E-state index contributed by atoms with van der Waals surface area (Å²) in [6.07, 6.45) is 1.49. The number of pyridine rings is 1. The minimum absolute atomic E-state index is 0.157. The van der Waals surface area contributed by atoms with Gasteiger partial charge in [0.15, 0.2) is 10.8 Å². The quantitative estimate of drug-likeness (QED) is 0.535. The molecule has 27 heavy (non-hydrogen) atoms. The van der Waals surface area contributed by atoms with E-state index in [1.807, 2.05) is 0 Å². The fourth-order valence-electron chi connectivity index (χ4n) is 2.62. The first kappa shape index (κ1) is 20.1. The number of hydrogen-bond acceptors (Lipinski definition) is 5. The van der Waals surface area contributed by atoms with E-state index in [0.29, 0.717) is 34.5 Å². The molecule has 10 heteroatoms. The standard InChI is InChI=1S/C17H18ClFN4O2S2/c1-3-22(4-2)27(24,25)12-8-9-16-20-21-17(23(16)10-12)26-11-13-14(18)6-5-7-15(13)19/h5-10H,3-4,11H2,1-2H3. The monoisotopic (exact) mass is 428 g/mol. The molecule has 6 nitrogen and oxygen atoms in total. The fraction of sp³-hybridized carbons (Fsp3) is 0.294. The number of hydrogen-bond donors (Lipinski definition) is 0. The average molecular weight is 429 g/mol. The summed E-state index contributed by atoms with van der Waals surface area (Å²) in [6, 6.07) is 7.63. The van der Waals surface area contributed by atoms with E-state index in [0.717, 1.165) is 0 Å². The zero-order valence-electron chi connectivity index (χ0n) is 14.8. The Labute approximate surface area is 166 Å². The molecule has 0 amide bonds. The number of benzene rings is 1. The number of halogens is 2. The van der Waals surface area contributed by atoms with Gasteiger partial charge in [-0.1, -0.05) is 43.3 Å². The van der Waals surface area contributed by atoms with Crippen molar-refractivity contribution < 1.29 is 12.8 Å². The van der Waals surface area contributed by atoms with Crippen molar-refractivity contribution >= 4 is 39.0 Å². The molecule has 3 aromatic rings. The molecule has 2 aromatic heterocycles. The molecule has 0 fully saturated rings. The Morgan fingerprint density at radius 2 is 1.93 bits per heavy atom. The van der Waals surface area contributed by atoms with Crippen molar-refractivity contribution in [3.05, 3.63) is 52.9 Å². The van der Waals surface area contributed by atoms with Gasteiger partial charge < -0.3 is 0 Å². The van der Waals surface area contributed by atoms with E-state index in [2.05, 4.69) is 10.2 Å². The molecule has 0 saturated carbocycles. The van der Waals surface area contributed by atoms with Gasteiger partial charge in [0.05, 0.1) is 4.90 Å². The van der Waals surface area contributed by atoms with Gasteiger partial charge in [0.1, 0.15) is 5.82 Å². The molecule has 0 spiro atoms. The van der Waals surface area contributed by atoms with E-state index < -0.39 is 15.8 Å². The average Bonchev–Trinajstić information content (AvgIpc) is 3.04. The van der Waals surface area contributed by atoms with Gasteiger partial charge in [-0.15, -0.1) is 10.2 Å². The molecule has 0 atom stereocenters. The van der Waals surface area contributed by atoms with Gasteiger partial charge in [-0.3, -0.25) is 4.40 Å². The van der Waals surface area contributed by atoms with Crippen LogP contribution in [0.4, 0.5) is 4.39 Å². The second-order valence-electron chi connectivity index (χ2n) is 5.65. The van der Waals surface area contributed by atoms with Crippen molar-refractivity contribution in [1.82, 2.24) is 18.9 Å². The number of nitrogens with zero attached hydrogens (tertiary/aromatic N) is 4. The van der Waals surface area contributed by atoms with Crippen molar-refractivity contribution in [3.63, 3.8) is 0 Å². The molecule has 0 aliphatic carbocycles. The summed E-state index contributed by atoms with van der Waals surface area (Å²) < 4.78 is 42.4. The second kappa shape index (κ2) is 8.14. The molecule has 0 aliphatic heterocycles. The van der Waals surface area contributed by atoms with Crippen molar-refractivity contribution in [2.45, 2.75) is 29.7 Å². The van der Waals surface area contributed by atoms with Crippen LogP contribution in [-0.4, -0.2) is 40.4 Å². The van der Waals surface area contributed by atoms with Crippen molar-refractivity contribution in [1.29, 1.82) is 0 Å². The molecule has 0 bridgehead atoms. The number of rotatable bonds is 7. The molecular weight excluding hydrogens is 411 g/mol. The van der Waals surface area contributed by atoms with Gasteiger partial charge in [-0.25, -0.2) is 12.8 Å². The van der Waals surface area contributed by atoms with Crippen molar-refractivity contribution in [2.75, 3.05) is 13.1 Å². The summed E-state index contributed by atoms with van der Waals surface area (Å²) in [5.41, 5.74) is 0.878. The lowest BCUT2D eigenvalue weighted by Crippen LogP contribution is -2.30. The first-order valence-corrected chi connectivity index (χ1v) is 11.1. The van der Waals surface area contributed by atoms with E-state index in [1.165, 1.54) is 34.4 Å². The normalized spacial score (nSPS) is 12.2. The summed E-state index contributed by atoms with van der Waals surface area (Å²) in [4.78, 5) is 0.157. The van der Waals surface area contributed by atoms with Crippen molar-refractivity contribution in [3.8, 4) is 0 Å². The Hall–Kier alpha value is -1.68. The summed E-state index contributed by atoms with van der Waals surface area (Å²) in [5.74, 6) is -0.145. The van der Waals surface area contributed by atoms with Gasteiger partial charge in [-0.05, 0) is 24.3 Å². The van der Waals surface area contributed by atoms with Crippen LogP contribution in [0.1, 0.15) is 19.4 Å². The third-order valence-corrected chi connectivity index (χ3v) is 7.45. The molecule has 0 radical (unpaired) electrons. The Morgan fingerprint density at radius 3 is 2.59 bits per heavy atom. The van der Waals surface area contributed by atoms with Crippen LogP contribution in [0.3, 0.4) is 0 Å². The SMILES string of the molecule is CCN(CC)S(=O)(=O)c1ccc2nnc(SCc3c(F)cccc3Cl)n2c1. The smallest absolute Gasteiger partial charge is 0.244 e. The Kier molecular flexibility index (Phi) is 6.05. The Balaban J connectivity index is 1.94. The highest BCUT2D eigenvalue weighted by Crippen LogP contribution is 2.28. The van der Waals surface area contributed by atoms with Gasteiger partial charge in [0.2, 0.25) is 10.0 Å². The highest BCUT2D eigenvalue weighted by molar-refractivity contribution is 7.98.